The first-order chi connectivity index (χ1) is 35.5. The van der Waals surface area contributed by atoms with E-state index in [1.165, 1.54) is 186 Å². The van der Waals surface area contributed by atoms with E-state index in [-0.39, 0.29) is 26.1 Å². The summed E-state index contributed by atoms with van der Waals surface area (Å²) in [6.45, 7) is 2.66. The van der Waals surface area contributed by atoms with E-state index in [0.29, 0.717) is 12.8 Å². The Kier molecular flexibility index (Phi) is 42.2. The second-order valence-electron chi connectivity index (χ2n) is 21.5. The average Bonchev–Trinajstić information content (AvgIpc) is 3.38. The molecule has 15 nitrogen and oxygen atoms in total. The van der Waals surface area contributed by atoms with Gasteiger partial charge in [-0.3, -0.25) is 9.59 Å². The highest BCUT2D eigenvalue weighted by Gasteiger charge is 2.47. The zero-order valence-electron chi connectivity index (χ0n) is 46.2. The van der Waals surface area contributed by atoms with Gasteiger partial charge in [-0.1, -0.05) is 239 Å². The molecule has 2 fully saturated rings. The maximum atomic E-state index is 13.1. The molecule has 0 radical (unpaired) electrons. The van der Waals surface area contributed by atoms with E-state index in [2.05, 4.69) is 13.8 Å². The van der Waals surface area contributed by atoms with Crippen molar-refractivity contribution in [2.24, 2.45) is 0 Å². The second-order valence-corrected chi connectivity index (χ2v) is 21.5. The topological polar surface area (TPSA) is 231 Å². The molecule has 0 aromatic heterocycles. The Morgan fingerprint density at radius 1 is 0.384 bits per heavy atom. The minimum atomic E-state index is -1.76. The van der Waals surface area contributed by atoms with Gasteiger partial charge in [-0.05, 0) is 12.8 Å². The van der Waals surface area contributed by atoms with Gasteiger partial charge in [0.05, 0.1) is 19.8 Å². The highest BCUT2D eigenvalue weighted by molar-refractivity contribution is 5.70. The van der Waals surface area contributed by atoms with Crippen LogP contribution in [-0.4, -0.2) is 142 Å². The summed E-state index contributed by atoms with van der Waals surface area (Å²) in [5.74, 6) is -0.904. The number of rotatable bonds is 49. The molecule has 2 saturated heterocycles. The van der Waals surface area contributed by atoms with E-state index >= 15 is 0 Å². The fourth-order valence-corrected chi connectivity index (χ4v) is 9.93. The molecule has 73 heavy (non-hydrogen) atoms. The predicted molar refractivity (Wildman–Crippen MR) is 285 cm³/mol. The van der Waals surface area contributed by atoms with Crippen LogP contribution >= 0.6 is 0 Å². The Morgan fingerprint density at radius 2 is 0.699 bits per heavy atom. The molecule has 0 aliphatic carbocycles. The number of hydrogen-bond acceptors (Lipinski definition) is 15. The van der Waals surface area contributed by atoms with Crippen LogP contribution in [0.15, 0.2) is 0 Å². The van der Waals surface area contributed by atoms with Crippen molar-refractivity contribution < 1.29 is 73.8 Å². The minimum Gasteiger partial charge on any atom is -0.462 e. The van der Waals surface area contributed by atoms with Crippen LogP contribution in [0.2, 0.25) is 0 Å². The average molecular weight is 1050 g/mol. The number of esters is 2. The molecule has 0 amide bonds. The van der Waals surface area contributed by atoms with E-state index in [1.54, 1.807) is 0 Å². The molecule has 11 atom stereocenters. The van der Waals surface area contributed by atoms with Crippen LogP contribution in [0.5, 0.6) is 0 Å². The first-order valence-electron chi connectivity index (χ1n) is 30.1. The normalized spacial score (nSPS) is 24.7. The Morgan fingerprint density at radius 3 is 1.07 bits per heavy atom. The van der Waals surface area contributed by atoms with Crippen LogP contribution in [-0.2, 0) is 38.0 Å². The number of unbranched alkanes of at least 4 members (excludes halogenated alkanes) is 35. The standard InChI is InChI=1S/C58H110O15/c1-3-5-7-9-11-13-15-17-19-20-21-22-23-24-25-26-27-29-31-33-35-37-39-41-50(61)71-46(43-68-49(60)40-38-36-34-32-30-28-18-16-14-12-10-8-6-4-2)44-69-57-56(67)54(65)52(63)48(73-57)45-70-58-55(66)53(64)51(62)47(42-59)72-58/h46-48,51-59,62-67H,3-45H2,1-2H3/t46-,47+,48+,51-,52-,53?,54?,55?,56?,57+,58+/m1/s1. The summed E-state index contributed by atoms with van der Waals surface area (Å²) in [6, 6.07) is 0. The third-order valence-corrected chi connectivity index (χ3v) is 14.8. The Bertz CT molecular complexity index is 1280. The molecule has 0 aromatic rings. The van der Waals surface area contributed by atoms with Crippen LogP contribution in [0.1, 0.15) is 264 Å². The Hall–Kier alpha value is -1.50. The lowest BCUT2D eigenvalue weighted by molar-refractivity contribution is -0.332. The zero-order valence-corrected chi connectivity index (χ0v) is 46.2. The van der Waals surface area contributed by atoms with Crippen molar-refractivity contribution in [2.75, 3.05) is 26.4 Å². The van der Waals surface area contributed by atoms with E-state index in [9.17, 15) is 45.3 Å². The summed E-state index contributed by atoms with van der Waals surface area (Å²) in [6.07, 6.45) is 29.9. The molecule has 7 N–H and O–H groups in total. The summed E-state index contributed by atoms with van der Waals surface area (Å²) >= 11 is 0. The van der Waals surface area contributed by atoms with Crippen molar-refractivity contribution in [2.45, 2.75) is 332 Å². The smallest absolute Gasteiger partial charge is 0.306 e. The van der Waals surface area contributed by atoms with Crippen molar-refractivity contribution in [1.29, 1.82) is 0 Å². The highest BCUT2D eigenvalue weighted by Crippen LogP contribution is 2.27. The van der Waals surface area contributed by atoms with Gasteiger partial charge in [-0.25, -0.2) is 0 Å². The lowest BCUT2D eigenvalue weighted by atomic mass is 9.98. The van der Waals surface area contributed by atoms with Gasteiger partial charge in [0.25, 0.3) is 0 Å². The van der Waals surface area contributed by atoms with Crippen molar-refractivity contribution in [3.05, 3.63) is 0 Å². The van der Waals surface area contributed by atoms with Gasteiger partial charge in [0, 0.05) is 12.8 Å². The molecular formula is C58H110O15. The van der Waals surface area contributed by atoms with Gasteiger partial charge in [0.1, 0.15) is 55.4 Å². The van der Waals surface area contributed by atoms with E-state index < -0.39 is 92.7 Å². The number of carbonyl (C=O) groups excluding carboxylic acids is 2. The monoisotopic (exact) mass is 1050 g/mol. The van der Waals surface area contributed by atoms with Gasteiger partial charge < -0.3 is 64.2 Å². The van der Waals surface area contributed by atoms with E-state index in [4.69, 9.17) is 28.4 Å². The second kappa shape index (κ2) is 45.5. The van der Waals surface area contributed by atoms with Gasteiger partial charge >= 0.3 is 11.9 Å². The quantitative estimate of drug-likeness (QED) is 0.0222. The van der Waals surface area contributed by atoms with E-state index in [1.807, 2.05) is 0 Å². The molecular weight excluding hydrogens is 937 g/mol. The zero-order chi connectivity index (χ0) is 53.2. The first-order valence-corrected chi connectivity index (χ1v) is 30.1. The largest absolute Gasteiger partial charge is 0.462 e. The molecule has 2 aliphatic rings. The number of aliphatic hydroxyl groups is 7. The van der Waals surface area contributed by atoms with Crippen LogP contribution in [0.4, 0.5) is 0 Å². The summed E-state index contributed by atoms with van der Waals surface area (Å²) in [5, 5.41) is 72.3. The number of aliphatic hydroxyl groups excluding tert-OH is 7. The van der Waals surface area contributed by atoms with Gasteiger partial charge in [-0.15, -0.1) is 0 Å². The molecule has 2 rings (SSSR count). The number of carbonyl (C=O) groups is 2. The molecule has 15 heteroatoms. The summed E-state index contributed by atoms with van der Waals surface area (Å²) in [4.78, 5) is 25.9. The van der Waals surface area contributed by atoms with Crippen molar-refractivity contribution in [1.82, 2.24) is 0 Å². The SMILES string of the molecule is CCCCCCCCCCCCCCCCCCCCCCCCCC(=O)O[C@H](COC(=O)CCCCCCCCCCCCCCCC)CO[C@H]1O[C@@H](CO[C@H]2O[C@@H](CO)[C@@H](O)C(O)C2O)[C@@H](O)C(O)C1O. The third-order valence-electron chi connectivity index (χ3n) is 14.8. The fraction of sp³-hybridized carbons (Fsp3) is 0.966. The Labute approximate surface area is 442 Å². The molecule has 0 spiro atoms. The predicted octanol–water partition coefficient (Wildman–Crippen LogP) is 10.3. The van der Waals surface area contributed by atoms with Crippen molar-refractivity contribution in [3.8, 4) is 0 Å². The van der Waals surface area contributed by atoms with Gasteiger partial charge in [0.15, 0.2) is 18.7 Å². The van der Waals surface area contributed by atoms with Gasteiger partial charge in [0.2, 0.25) is 0 Å². The van der Waals surface area contributed by atoms with Crippen LogP contribution in [0.25, 0.3) is 0 Å². The van der Waals surface area contributed by atoms with Crippen LogP contribution in [0.3, 0.4) is 0 Å². The first kappa shape index (κ1) is 67.6. The van der Waals surface area contributed by atoms with Crippen LogP contribution in [0, 0.1) is 0 Å². The maximum absolute atomic E-state index is 13.1. The number of hydrogen-bond donors (Lipinski definition) is 7. The van der Waals surface area contributed by atoms with E-state index in [0.717, 1.165) is 38.5 Å². The molecule has 2 heterocycles. The fourth-order valence-electron chi connectivity index (χ4n) is 9.93. The lowest BCUT2D eigenvalue weighted by Gasteiger charge is -2.42. The maximum Gasteiger partial charge on any atom is 0.306 e. The lowest BCUT2D eigenvalue weighted by Crippen LogP contribution is -2.61. The molecule has 0 saturated carbocycles. The number of ether oxygens (including phenoxy) is 6. The minimum absolute atomic E-state index is 0.174. The van der Waals surface area contributed by atoms with Gasteiger partial charge in [-0.2, -0.15) is 0 Å². The molecule has 4 unspecified atom stereocenters. The van der Waals surface area contributed by atoms with Crippen molar-refractivity contribution >= 4 is 11.9 Å². The Balaban J connectivity index is 1.71. The third kappa shape index (κ3) is 32.8. The summed E-state index contributed by atoms with van der Waals surface area (Å²) in [7, 11) is 0. The van der Waals surface area contributed by atoms with Crippen molar-refractivity contribution in [3.63, 3.8) is 0 Å². The molecule has 2 aliphatic heterocycles. The molecule has 0 aromatic carbocycles. The summed E-state index contributed by atoms with van der Waals surface area (Å²) < 4.78 is 33.7. The highest BCUT2D eigenvalue weighted by atomic mass is 16.7. The molecule has 0 bridgehead atoms. The molecule has 432 valence electrons. The van der Waals surface area contributed by atoms with Crippen LogP contribution < -0.4 is 0 Å². The summed E-state index contributed by atoms with van der Waals surface area (Å²) in [5.41, 5.74) is 0.